The van der Waals surface area contributed by atoms with Crippen LogP contribution in [0.2, 0.25) is 0 Å². The van der Waals surface area contributed by atoms with Gasteiger partial charge in [-0.05, 0) is 38.5 Å². The first kappa shape index (κ1) is 13.5. The van der Waals surface area contributed by atoms with Gasteiger partial charge in [0.25, 0.3) is 0 Å². The molecule has 0 aromatic carbocycles. The van der Waals surface area contributed by atoms with Crippen LogP contribution >= 0.6 is 0 Å². The Morgan fingerprint density at radius 2 is 1.95 bits per heavy atom. The Hall–Kier alpha value is -1.52. The lowest BCUT2D eigenvalue weighted by Crippen LogP contribution is -2.48. The van der Waals surface area contributed by atoms with Gasteiger partial charge in [-0.3, -0.25) is 4.68 Å². The molecule has 110 valence electrons. The lowest BCUT2D eigenvalue weighted by Gasteiger charge is -2.45. The van der Waals surface area contributed by atoms with Crippen molar-refractivity contribution in [3.63, 3.8) is 0 Å². The largest absolute Gasteiger partial charge is 0.477 e. The zero-order valence-electron chi connectivity index (χ0n) is 12.3. The summed E-state index contributed by atoms with van der Waals surface area (Å²) in [6, 6.07) is 0.505. The van der Waals surface area contributed by atoms with Crippen LogP contribution in [0.3, 0.4) is 0 Å². The summed E-state index contributed by atoms with van der Waals surface area (Å²) in [6.07, 6.45) is 7.52. The highest BCUT2D eigenvalue weighted by Crippen LogP contribution is 2.39. The summed E-state index contributed by atoms with van der Waals surface area (Å²) >= 11 is 0. The molecule has 3 rings (SSSR count). The first-order valence-corrected chi connectivity index (χ1v) is 7.63. The number of anilines is 1. The predicted molar refractivity (Wildman–Crippen MR) is 77.2 cm³/mol. The van der Waals surface area contributed by atoms with Crippen LogP contribution in [0.1, 0.15) is 54.6 Å². The molecule has 0 radical (unpaired) electrons. The van der Waals surface area contributed by atoms with Gasteiger partial charge in [0.15, 0.2) is 0 Å². The highest BCUT2D eigenvalue weighted by atomic mass is 16.4. The minimum Gasteiger partial charge on any atom is -0.477 e. The molecule has 20 heavy (non-hydrogen) atoms. The molecule has 2 aliphatic rings. The highest BCUT2D eigenvalue weighted by Gasteiger charge is 2.36. The van der Waals surface area contributed by atoms with Gasteiger partial charge in [0.1, 0.15) is 11.4 Å². The normalized spacial score (nSPS) is 26.4. The molecule has 1 aromatic rings. The predicted octanol–water partition coefficient (Wildman–Crippen LogP) is 2.59. The molecular weight excluding hydrogens is 254 g/mol. The summed E-state index contributed by atoms with van der Waals surface area (Å²) in [6.45, 7) is 2.75. The molecule has 1 saturated heterocycles. The lowest BCUT2D eigenvalue weighted by molar-refractivity contribution is 0.0696. The first-order valence-electron chi connectivity index (χ1n) is 7.63. The summed E-state index contributed by atoms with van der Waals surface area (Å²) in [7, 11) is 1.86. The monoisotopic (exact) mass is 277 g/mol. The van der Waals surface area contributed by atoms with Crippen molar-refractivity contribution in [2.45, 2.75) is 51.5 Å². The van der Waals surface area contributed by atoms with E-state index in [-0.39, 0.29) is 0 Å². The molecule has 2 heterocycles. The van der Waals surface area contributed by atoms with Gasteiger partial charge in [-0.1, -0.05) is 12.8 Å². The number of carboxylic acids is 1. The minimum atomic E-state index is -0.858. The third kappa shape index (κ3) is 2.09. The Balaban J connectivity index is 2.01. The van der Waals surface area contributed by atoms with E-state index in [4.69, 9.17) is 0 Å². The van der Waals surface area contributed by atoms with Gasteiger partial charge in [-0.25, -0.2) is 4.79 Å². The number of rotatable bonds is 2. The van der Waals surface area contributed by atoms with Gasteiger partial charge >= 0.3 is 5.97 Å². The van der Waals surface area contributed by atoms with E-state index in [1.807, 2.05) is 7.05 Å². The van der Waals surface area contributed by atoms with Crippen LogP contribution in [0.5, 0.6) is 0 Å². The Morgan fingerprint density at radius 1 is 1.25 bits per heavy atom. The highest BCUT2D eigenvalue weighted by molar-refractivity contribution is 5.95. The molecule has 1 saturated carbocycles. The Morgan fingerprint density at radius 3 is 2.70 bits per heavy atom. The number of hydrogen-bond acceptors (Lipinski definition) is 3. The summed E-state index contributed by atoms with van der Waals surface area (Å²) in [5.41, 5.74) is 1.01. The number of carbonyl (C=O) groups is 1. The second-order valence-corrected chi connectivity index (χ2v) is 6.16. The number of nitrogens with zero attached hydrogens (tertiary/aromatic N) is 3. The number of aromatic carboxylic acids is 1. The maximum absolute atomic E-state index is 11.6. The molecular formula is C15H23N3O2. The van der Waals surface area contributed by atoms with Crippen LogP contribution in [0, 0.1) is 12.8 Å². The van der Waals surface area contributed by atoms with E-state index in [1.54, 1.807) is 11.6 Å². The van der Waals surface area contributed by atoms with Gasteiger partial charge in [0, 0.05) is 19.6 Å². The van der Waals surface area contributed by atoms with Crippen molar-refractivity contribution >= 4 is 11.8 Å². The quantitative estimate of drug-likeness (QED) is 0.902. The van der Waals surface area contributed by atoms with Crippen LogP contribution in [0.25, 0.3) is 0 Å². The molecule has 5 nitrogen and oxygen atoms in total. The van der Waals surface area contributed by atoms with E-state index in [0.29, 0.717) is 17.3 Å². The fourth-order valence-corrected chi connectivity index (χ4v) is 4.11. The Kier molecular flexibility index (Phi) is 3.44. The van der Waals surface area contributed by atoms with E-state index < -0.39 is 5.97 Å². The molecule has 1 aliphatic heterocycles. The van der Waals surface area contributed by atoms with Crippen molar-refractivity contribution in [2.24, 2.45) is 13.0 Å². The number of hydrogen-bond donors (Lipinski definition) is 1. The lowest BCUT2D eigenvalue weighted by atomic mass is 9.78. The molecule has 0 spiro atoms. The molecule has 1 N–H and O–H groups in total. The van der Waals surface area contributed by atoms with Crippen molar-refractivity contribution in [3.8, 4) is 0 Å². The van der Waals surface area contributed by atoms with Gasteiger partial charge in [-0.15, -0.1) is 0 Å². The maximum Gasteiger partial charge on any atom is 0.341 e. The summed E-state index contributed by atoms with van der Waals surface area (Å²) < 4.78 is 1.76. The molecule has 5 heteroatoms. The van der Waals surface area contributed by atoms with Crippen LogP contribution in [0.4, 0.5) is 5.82 Å². The number of fused-ring (bicyclic) bond motifs is 1. The Labute approximate surface area is 119 Å². The van der Waals surface area contributed by atoms with Crippen molar-refractivity contribution in [3.05, 3.63) is 11.3 Å². The van der Waals surface area contributed by atoms with Crippen molar-refractivity contribution in [1.29, 1.82) is 0 Å². The molecule has 0 bridgehead atoms. The van der Waals surface area contributed by atoms with E-state index in [9.17, 15) is 9.90 Å². The second kappa shape index (κ2) is 5.11. The Bertz CT molecular complexity index is 521. The van der Waals surface area contributed by atoms with Crippen LogP contribution in [-0.2, 0) is 7.05 Å². The van der Waals surface area contributed by atoms with E-state index in [2.05, 4.69) is 10.00 Å². The zero-order chi connectivity index (χ0) is 14.3. The number of carboxylic acid groups (broad SMARTS) is 1. The summed E-state index contributed by atoms with van der Waals surface area (Å²) in [5, 5.41) is 13.8. The molecule has 1 aromatic heterocycles. The molecule has 0 amide bonds. The van der Waals surface area contributed by atoms with Crippen LogP contribution in [-0.4, -0.2) is 33.4 Å². The van der Waals surface area contributed by atoms with Crippen molar-refractivity contribution in [2.75, 3.05) is 11.4 Å². The third-order valence-corrected chi connectivity index (χ3v) is 4.92. The average Bonchev–Trinajstić information content (AvgIpc) is 2.73. The van der Waals surface area contributed by atoms with E-state index in [1.165, 1.54) is 32.1 Å². The smallest absolute Gasteiger partial charge is 0.341 e. The summed E-state index contributed by atoms with van der Waals surface area (Å²) in [5.74, 6) is 0.685. The van der Waals surface area contributed by atoms with Crippen molar-refractivity contribution in [1.82, 2.24) is 9.78 Å². The van der Waals surface area contributed by atoms with E-state index >= 15 is 0 Å². The number of aromatic nitrogens is 2. The fraction of sp³-hybridized carbons (Fsp3) is 0.733. The maximum atomic E-state index is 11.6. The summed E-state index contributed by atoms with van der Waals surface area (Å²) in [4.78, 5) is 13.9. The standard InChI is InChI=1S/C15H23N3O2/c1-10-13(15(19)20)14(17(2)16-10)18-9-5-7-11-6-3-4-8-12(11)18/h11-12H,3-9H2,1-2H3,(H,19,20). The van der Waals surface area contributed by atoms with Crippen LogP contribution < -0.4 is 4.90 Å². The molecule has 2 fully saturated rings. The van der Waals surface area contributed by atoms with Crippen molar-refractivity contribution < 1.29 is 9.90 Å². The van der Waals surface area contributed by atoms with Gasteiger partial charge in [0.2, 0.25) is 0 Å². The van der Waals surface area contributed by atoms with Gasteiger partial charge < -0.3 is 10.0 Å². The topological polar surface area (TPSA) is 58.4 Å². The SMILES string of the molecule is Cc1nn(C)c(N2CCCC3CCCCC32)c1C(=O)O. The molecule has 2 atom stereocenters. The first-order chi connectivity index (χ1) is 9.59. The number of aryl methyl sites for hydroxylation is 2. The molecule has 2 unspecified atom stereocenters. The zero-order valence-corrected chi connectivity index (χ0v) is 12.3. The second-order valence-electron chi connectivity index (χ2n) is 6.16. The van der Waals surface area contributed by atoms with E-state index in [0.717, 1.165) is 24.7 Å². The number of piperidine rings is 1. The third-order valence-electron chi connectivity index (χ3n) is 4.92. The average molecular weight is 277 g/mol. The minimum absolute atomic E-state index is 0.388. The van der Waals surface area contributed by atoms with Crippen LogP contribution in [0.15, 0.2) is 0 Å². The van der Waals surface area contributed by atoms with Gasteiger partial charge in [0.05, 0.1) is 5.69 Å². The fourth-order valence-electron chi connectivity index (χ4n) is 4.11. The van der Waals surface area contributed by atoms with Gasteiger partial charge in [-0.2, -0.15) is 5.10 Å². The molecule has 1 aliphatic carbocycles.